The molecular formula is C35H33ClN4O2. The summed E-state index contributed by atoms with van der Waals surface area (Å²) in [7, 11) is 0. The lowest BCUT2D eigenvalue weighted by molar-refractivity contribution is 0.0888. The van der Waals surface area contributed by atoms with Gasteiger partial charge in [0.15, 0.2) is 11.6 Å². The van der Waals surface area contributed by atoms with E-state index in [0.717, 1.165) is 69.9 Å². The first-order chi connectivity index (χ1) is 20.4. The van der Waals surface area contributed by atoms with E-state index in [0.29, 0.717) is 6.54 Å². The molecule has 7 heteroatoms. The minimum atomic E-state index is -0.533. The van der Waals surface area contributed by atoms with E-state index in [1.165, 1.54) is 0 Å². The number of H-pyrrole nitrogens is 1. The van der Waals surface area contributed by atoms with Crippen molar-refractivity contribution in [1.82, 2.24) is 19.5 Å². The Morgan fingerprint density at radius 1 is 0.833 bits per heavy atom. The van der Waals surface area contributed by atoms with Crippen molar-refractivity contribution in [3.8, 4) is 0 Å². The van der Waals surface area contributed by atoms with E-state index < -0.39 is 10.8 Å². The molecule has 2 aliphatic rings. The number of imidazole rings is 2. The lowest BCUT2D eigenvalue weighted by Crippen LogP contribution is -2.32. The Balaban J connectivity index is 0.000000162. The van der Waals surface area contributed by atoms with E-state index in [2.05, 4.69) is 34.9 Å². The van der Waals surface area contributed by atoms with Crippen LogP contribution < -0.4 is 0 Å². The number of carbonyl (C=O) groups excluding carboxylic acids is 2. The van der Waals surface area contributed by atoms with Gasteiger partial charge in [0.25, 0.3) is 0 Å². The van der Waals surface area contributed by atoms with Crippen molar-refractivity contribution in [3.63, 3.8) is 0 Å². The summed E-state index contributed by atoms with van der Waals surface area (Å²) in [6.45, 7) is 4.84. The fourth-order valence-electron chi connectivity index (χ4n) is 6.50. The smallest absolute Gasteiger partial charge is 0.175 e. The lowest BCUT2D eigenvalue weighted by Gasteiger charge is -2.23. The molecule has 3 aromatic carbocycles. The molecule has 2 unspecified atom stereocenters. The normalized spacial score (nSPS) is 20.6. The quantitative estimate of drug-likeness (QED) is 0.232. The fraction of sp³-hybridized carbons (Fsp3) is 0.257. The number of Topliss-reactive ketones (excluding diaryl/α,β-unsaturated/α-hetero) is 2. The largest absolute Gasteiger partial charge is 0.348 e. The number of aromatic nitrogens is 4. The number of fused-ring (bicyclic) bond motifs is 2. The number of halogens is 1. The van der Waals surface area contributed by atoms with E-state index in [1.54, 1.807) is 12.5 Å². The van der Waals surface area contributed by atoms with Gasteiger partial charge in [0.05, 0.1) is 29.2 Å². The SMILES string of the molecule is CCC1(c2cn(Cc3ccc(Cl)cc3)cn2)Cc2ccccc2C1=O.CCC1(c2cnc[nH]2)Cc2ccccc2C1=O. The minimum absolute atomic E-state index is 0.197. The van der Waals surface area contributed by atoms with Gasteiger partial charge < -0.3 is 9.55 Å². The van der Waals surface area contributed by atoms with Crippen molar-refractivity contribution in [2.45, 2.75) is 56.9 Å². The summed E-state index contributed by atoms with van der Waals surface area (Å²) in [6.07, 6.45) is 10.3. The molecule has 0 saturated carbocycles. The van der Waals surface area contributed by atoms with Gasteiger partial charge in [-0.05, 0) is 54.5 Å². The molecule has 0 bridgehead atoms. The molecule has 2 aliphatic carbocycles. The van der Waals surface area contributed by atoms with Gasteiger partial charge in [0.2, 0.25) is 0 Å². The third-order valence-corrected chi connectivity index (χ3v) is 9.25. The molecule has 2 heterocycles. The molecule has 5 aromatic rings. The second-order valence-corrected chi connectivity index (χ2v) is 11.7. The Morgan fingerprint density at radius 2 is 1.43 bits per heavy atom. The Hall–Kier alpha value is -4.29. The van der Waals surface area contributed by atoms with Gasteiger partial charge >= 0.3 is 0 Å². The third-order valence-electron chi connectivity index (χ3n) is 9.00. The number of carbonyl (C=O) groups is 2. The average molecular weight is 577 g/mol. The number of hydrogen-bond acceptors (Lipinski definition) is 4. The molecule has 0 fully saturated rings. The van der Waals surface area contributed by atoms with E-state index in [1.807, 2.05) is 83.8 Å². The third kappa shape index (κ3) is 4.70. The van der Waals surface area contributed by atoms with E-state index in [-0.39, 0.29) is 11.6 Å². The lowest BCUT2D eigenvalue weighted by atomic mass is 9.78. The number of hydrogen-bond donors (Lipinski definition) is 1. The fourth-order valence-corrected chi connectivity index (χ4v) is 6.62. The van der Waals surface area contributed by atoms with E-state index >= 15 is 0 Å². The van der Waals surface area contributed by atoms with Crippen molar-refractivity contribution in [3.05, 3.63) is 142 Å². The molecule has 0 aliphatic heterocycles. The highest BCUT2D eigenvalue weighted by Gasteiger charge is 2.47. The maximum atomic E-state index is 13.1. The second-order valence-electron chi connectivity index (χ2n) is 11.2. The number of nitrogens with one attached hydrogen (secondary N) is 1. The highest BCUT2D eigenvalue weighted by Crippen LogP contribution is 2.42. The first-order valence-corrected chi connectivity index (χ1v) is 14.8. The van der Waals surface area contributed by atoms with Crippen LogP contribution in [0, 0.1) is 0 Å². The molecule has 2 atom stereocenters. The van der Waals surface area contributed by atoms with Crippen LogP contribution in [0.15, 0.2) is 97.8 Å². The van der Waals surface area contributed by atoms with Gasteiger partial charge in [-0.3, -0.25) is 9.59 Å². The molecule has 0 amide bonds. The highest BCUT2D eigenvalue weighted by atomic mass is 35.5. The summed E-state index contributed by atoms with van der Waals surface area (Å²) in [6, 6.07) is 23.6. The second kappa shape index (κ2) is 11.2. The van der Waals surface area contributed by atoms with Crippen LogP contribution in [-0.2, 0) is 30.2 Å². The maximum absolute atomic E-state index is 13.1. The minimum Gasteiger partial charge on any atom is -0.348 e. The van der Waals surface area contributed by atoms with Crippen LogP contribution in [0.4, 0.5) is 0 Å². The van der Waals surface area contributed by atoms with Gasteiger partial charge in [-0.2, -0.15) is 0 Å². The van der Waals surface area contributed by atoms with Gasteiger partial charge in [0.1, 0.15) is 0 Å². The summed E-state index contributed by atoms with van der Waals surface area (Å²) in [4.78, 5) is 37.4. The van der Waals surface area contributed by atoms with Crippen LogP contribution in [0.3, 0.4) is 0 Å². The summed E-state index contributed by atoms with van der Waals surface area (Å²) in [5.74, 6) is 0.419. The van der Waals surface area contributed by atoms with Crippen LogP contribution in [0.2, 0.25) is 5.02 Å². The van der Waals surface area contributed by atoms with Gasteiger partial charge in [-0.25, -0.2) is 9.97 Å². The summed E-state index contributed by atoms with van der Waals surface area (Å²) in [5.41, 5.74) is 5.97. The zero-order valence-corrected chi connectivity index (χ0v) is 24.6. The topological polar surface area (TPSA) is 80.6 Å². The first kappa shape index (κ1) is 27.9. The van der Waals surface area contributed by atoms with Crippen molar-refractivity contribution in [2.75, 3.05) is 0 Å². The van der Waals surface area contributed by atoms with Crippen LogP contribution in [0.5, 0.6) is 0 Å². The molecule has 42 heavy (non-hydrogen) atoms. The maximum Gasteiger partial charge on any atom is 0.175 e. The number of ketones is 2. The number of benzene rings is 3. The number of rotatable bonds is 6. The molecule has 0 saturated heterocycles. The Bertz CT molecular complexity index is 1740. The molecule has 6 nitrogen and oxygen atoms in total. The van der Waals surface area contributed by atoms with Crippen molar-refractivity contribution in [1.29, 1.82) is 0 Å². The molecule has 0 radical (unpaired) electrons. The van der Waals surface area contributed by atoms with Gasteiger partial charge in [-0.15, -0.1) is 0 Å². The Kier molecular flexibility index (Phi) is 7.42. The number of nitrogens with zero attached hydrogens (tertiary/aromatic N) is 3. The summed E-state index contributed by atoms with van der Waals surface area (Å²) < 4.78 is 2.03. The summed E-state index contributed by atoms with van der Waals surface area (Å²) >= 11 is 5.95. The average Bonchev–Trinajstić information content (AvgIpc) is 3.82. The van der Waals surface area contributed by atoms with Gasteiger partial charge in [-0.1, -0.05) is 86.1 Å². The van der Waals surface area contributed by atoms with Crippen molar-refractivity contribution in [2.24, 2.45) is 0 Å². The summed E-state index contributed by atoms with van der Waals surface area (Å²) in [5, 5.41) is 0.731. The zero-order valence-electron chi connectivity index (χ0n) is 23.8. The highest BCUT2D eigenvalue weighted by molar-refractivity contribution is 6.30. The van der Waals surface area contributed by atoms with Crippen molar-refractivity contribution < 1.29 is 9.59 Å². The zero-order chi connectivity index (χ0) is 29.3. The van der Waals surface area contributed by atoms with Crippen LogP contribution in [-0.4, -0.2) is 31.1 Å². The number of aromatic amines is 1. The monoisotopic (exact) mass is 576 g/mol. The molecule has 0 spiro atoms. The van der Waals surface area contributed by atoms with Crippen LogP contribution >= 0.6 is 11.6 Å². The molecule has 1 N–H and O–H groups in total. The van der Waals surface area contributed by atoms with Crippen LogP contribution in [0.1, 0.15) is 75.5 Å². The molecule has 212 valence electrons. The van der Waals surface area contributed by atoms with E-state index in [4.69, 9.17) is 11.6 Å². The van der Waals surface area contributed by atoms with E-state index in [9.17, 15) is 9.59 Å². The Morgan fingerprint density at radius 3 is 2.00 bits per heavy atom. The van der Waals surface area contributed by atoms with Crippen LogP contribution in [0.25, 0.3) is 0 Å². The predicted octanol–water partition coefficient (Wildman–Crippen LogP) is 7.17. The predicted molar refractivity (Wildman–Crippen MR) is 164 cm³/mol. The van der Waals surface area contributed by atoms with Crippen molar-refractivity contribution >= 4 is 23.2 Å². The standard InChI is InChI=1S/C21H19ClN2O.C14H14N2O/c1-2-21(11-16-5-3-4-6-18(16)20(21)25)19-13-24(14-23-19)12-15-7-9-17(22)10-8-15;1-2-14(12-8-15-9-16-12)7-10-5-3-4-6-11(10)13(14)17/h3-10,13-14H,2,11-12H2,1H3;3-6,8-9H,2,7H2,1H3,(H,15,16). The first-order valence-electron chi connectivity index (χ1n) is 14.4. The molecule has 7 rings (SSSR count). The van der Waals surface area contributed by atoms with Gasteiger partial charge in [0, 0.05) is 40.8 Å². The molecule has 2 aromatic heterocycles. The Labute approximate surface area is 250 Å². The molecular weight excluding hydrogens is 544 g/mol.